The second-order valence-corrected chi connectivity index (χ2v) is 6.08. The van der Waals surface area contributed by atoms with Gasteiger partial charge in [-0.3, -0.25) is 9.59 Å². The third-order valence-corrected chi connectivity index (χ3v) is 4.13. The van der Waals surface area contributed by atoms with E-state index in [9.17, 15) is 14.0 Å². The van der Waals surface area contributed by atoms with Crippen LogP contribution in [0, 0.1) is 0 Å². The van der Waals surface area contributed by atoms with Crippen LogP contribution in [0.25, 0.3) is 5.57 Å². The summed E-state index contributed by atoms with van der Waals surface area (Å²) in [6.45, 7) is 1.55. The van der Waals surface area contributed by atoms with Gasteiger partial charge in [0.2, 0.25) is 5.91 Å². The number of hydrogen-bond donors (Lipinski definition) is 1. The highest BCUT2D eigenvalue weighted by molar-refractivity contribution is 6.30. The molecule has 21 heavy (non-hydrogen) atoms. The van der Waals surface area contributed by atoms with Crippen LogP contribution in [0.4, 0.5) is 4.39 Å². The van der Waals surface area contributed by atoms with E-state index in [4.69, 9.17) is 11.6 Å². The molecule has 3 rings (SSSR count). The summed E-state index contributed by atoms with van der Waals surface area (Å²) in [4.78, 5) is 23.0. The van der Waals surface area contributed by atoms with Crippen LogP contribution in [-0.4, -0.2) is 27.6 Å². The maximum Gasteiger partial charge on any atom is 0.231 e. The summed E-state index contributed by atoms with van der Waals surface area (Å²) in [5.41, 5.74) is 0.169. The van der Waals surface area contributed by atoms with Gasteiger partial charge >= 0.3 is 0 Å². The fourth-order valence-corrected chi connectivity index (χ4v) is 2.99. The van der Waals surface area contributed by atoms with Crippen LogP contribution in [0.15, 0.2) is 12.3 Å². The Morgan fingerprint density at radius 2 is 2.10 bits per heavy atom. The van der Waals surface area contributed by atoms with Crippen molar-refractivity contribution in [3.05, 3.63) is 28.7 Å². The molecule has 1 aromatic rings. The number of carbonyl (C=O) groups is 2. The maximum absolute atomic E-state index is 13.6. The molecule has 0 atom stereocenters. The van der Waals surface area contributed by atoms with Crippen molar-refractivity contribution in [2.24, 2.45) is 0 Å². The van der Waals surface area contributed by atoms with E-state index in [2.05, 4.69) is 15.5 Å². The van der Waals surface area contributed by atoms with Crippen molar-refractivity contribution in [2.75, 3.05) is 0 Å². The summed E-state index contributed by atoms with van der Waals surface area (Å²) in [5, 5.41) is 10.5. The van der Waals surface area contributed by atoms with E-state index < -0.39 is 5.67 Å². The molecule has 110 valence electrons. The van der Waals surface area contributed by atoms with E-state index in [1.807, 2.05) is 0 Å². The minimum absolute atomic E-state index is 0.0179. The average molecular weight is 310 g/mol. The minimum atomic E-state index is -1.18. The Morgan fingerprint density at radius 1 is 1.38 bits per heavy atom. The molecule has 1 aromatic heterocycles. The van der Waals surface area contributed by atoms with E-state index in [-0.39, 0.29) is 29.2 Å². The number of Topliss-reactive ketones (excluding diaryl/α,β-unsaturated/α-hetero) is 1. The third-order valence-electron chi connectivity index (χ3n) is 3.83. The SMILES string of the molecule is CC1(F)CC(c2cc(C3=CNC(=O)CC3=O)nnc2Cl)C1. The van der Waals surface area contributed by atoms with Crippen molar-refractivity contribution in [3.8, 4) is 0 Å². The van der Waals surface area contributed by atoms with Gasteiger partial charge in [0.1, 0.15) is 5.67 Å². The lowest BCUT2D eigenvalue weighted by Crippen LogP contribution is -2.35. The van der Waals surface area contributed by atoms with Crippen molar-refractivity contribution < 1.29 is 14.0 Å². The average Bonchev–Trinajstić information content (AvgIpc) is 2.37. The highest BCUT2D eigenvalue weighted by Crippen LogP contribution is 2.48. The van der Waals surface area contributed by atoms with Crippen LogP contribution >= 0.6 is 11.6 Å². The molecule has 2 heterocycles. The number of rotatable bonds is 2. The molecule has 0 radical (unpaired) electrons. The number of halogens is 2. The van der Waals surface area contributed by atoms with E-state index in [1.165, 1.54) is 6.20 Å². The summed E-state index contributed by atoms with van der Waals surface area (Å²) in [6, 6.07) is 1.66. The van der Waals surface area contributed by atoms with Crippen LogP contribution < -0.4 is 5.32 Å². The number of carbonyl (C=O) groups excluding carboxylic acids is 2. The predicted molar refractivity (Wildman–Crippen MR) is 74.3 cm³/mol. The summed E-state index contributed by atoms with van der Waals surface area (Å²) in [7, 11) is 0. The molecule has 7 heteroatoms. The summed E-state index contributed by atoms with van der Waals surface area (Å²) in [5.74, 6) is -0.681. The van der Waals surface area contributed by atoms with E-state index >= 15 is 0 Å². The largest absolute Gasteiger partial charge is 0.331 e. The van der Waals surface area contributed by atoms with Crippen molar-refractivity contribution in [3.63, 3.8) is 0 Å². The zero-order chi connectivity index (χ0) is 15.2. The topological polar surface area (TPSA) is 72.0 Å². The molecule has 5 nitrogen and oxygen atoms in total. The molecule has 0 bridgehead atoms. The number of nitrogens with one attached hydrogen (secondary N) is 1. The normalized spacial score (nSPS) is 28.7. The number of amides is 1. The zero-order valence-electron chi connectivity index (χ0n) is 11.3. The van der Waals surface area contributed by atoms with Crippen LogP contribution in [0.2, 0.25) is 5.15 Å². The van der Waals surface area contributed by atoms with Gasteiger partial charge in [0.25, 0.3) is 0 Å². The Bertz CT molecular complexity index is 664. The number of aromatic nitrogens is 2. The van der Waals surface area contributed by atoms with Gasteiger partial charge in [-0.1, -0.05) is 11.6 Å². The van der Waals surface area contributed by atoms with Crippen LogP contribution in [0.3, 0.4) is 0 Å². The summed E-state index contributed by atoms with van der Waals surface area (Å²) >= 11 is 6.03. The number of hydrogen-bond acceptors (Lipinski definition) is 4. The number of alkyl halides is 1. The molecular formula is C14H13ClFN3O2. The molecule has 1 amide bonds. The quantitative estimate of drug-likeness (QED) is 0.850. The molecule has 0 saturated heterocycles. The second-order valence-electron chi connectivity index (χ2n) is 5.72. The van der Waals surface area contributed by atoms with Crippen molar-refractivity contribution in [1.82, 2.24) is 15.5 Å². The Morgan fingerprint density at radius 3 is 2.71 bits per heavy atom. The molecular weight excluding hydrogens is 297 g/mol. The van der Waals surface area contributed by atoms with Crippen LogP contribution in [0.5, 0.6) is 0 Å². The first kappa shape index (κ1) is 14.1. The molecule has 1 aliphatic heterocycles. The first-order chi connectivity index (χ1) is 9.85. The van der Waals surface area contributed by atoms with E-state index in [0.717, 1.165) is 0 Å². The standard InChI is InChI=1S/C14H13ClFN3O2/c1-14(16)4-7(5-14)8-2-10(18-19-13(8)15)9-6-17-12(21)3-11(9)20/h2,6-7H,3-5H2,1H3,(H,17,21). The summed E-state index contributed by atoms with van der Waals surface area (Å²) in [6.07, 6.45) is 1.87. The predicted octanol–water partition coefficient (Wildman–Crippen LogP) is 2.17. The van der Waals surface area contributed by atoms with Gasteiger partial charge in [0.05, 0.1) is 17.7 Å². The molecule has 2 aliphatic rings. The number of ketones is 1. The Labute approximate surface area is 125 Å². The van der Waals surface area contributed by atoms with Crippen molar-refractivity contribution >= 4 is 28.9 Å². The fourth-order valence-electron chi connectivity index (χ4n) is 2.74. The molecule has 0 unspecified atom stereocenters. The van der Waals surface area contributed by atoms with E-state index in [0.29, 0.717) is 29.7 Å². The first-order valence-corrected chi connectivity index (χ1v) is 6.99. The lowest BCUT2D eigenvalue weighted by molar-refractivity contribution is -0.125. The van der Waals surface area contributed by atoms with Crippen molar-refractivity contribution in [1.29, 1.82) is 0 Å². The maximum atomic E-state index is 13.6. The Balaban J connectivity index is 1.91. The first-order valence-electron chi connectivity index (χ1n) is 6.61. The third kappa shape index (κ3) is 2.68. The molecule has 1 aliphatic carbocycles. The van der Waals surface area contributed by atoms with Gasteiger partial charge in [0.15, 0.2) is 10.9 Å². The smallest absolute Gasteiger partial charge is 0.231 e. The van der Waals surface area contributed by atoms with Gasteiger partial charge in [-0.25, -0.2) is 4.39 Å². The Kier molecular flexibility index (Phi) is 3.28. The molecule has 0 spiro atoms. The van der Waals surface area contributed by atoms with Gasteiger partial charge in [-0.2, -0.15) is 0 Å². The van der Waals surface area contributed by atoms with Crippen LogP contribution in [-0.2, 0) is 9.59 Å². The monoisotopic (exact) mass is 309 g/mol. The highest BCUT2D eigenvalue weighted by Gasteiger charge is 2.42. The molecule has 1 N–H and O–H groups in total. The fraction of sp³-hybridized carbons (Fsp3) is 0.429. The van der Waals surface area contributed by atoms with Crippen molar-refractivity contribution in [2.45, 2.75) is 37.8 Å². The van der Waals surface area contributed by atoms with Gasteiger partial charge in [-0.05, 0) is 37.3 Å². The highest BCUT2D eigenvalue weighted by atomic mass is 35.5. The van der Waals surface area contributed by atoms with Gasteiger partial charge in [-0.15, -0.1) is 10.2 Å². The lowest BCUT2D eigenvalue weighted by atomic mass is 9.70. The van der Waals surface area contributed by atoms with E-state index in [1.54, 1.807) is 13.0 Å². The van der Waals surface area contributed by atoms with Gasteiger partial charge < -0.3 is 5.32 Å². The Hall–Kier alpha value is -1.82. The van der Waals surface area contributed by atoms with Crippen LogP contribution in [0.1, 0.15) is 43.4 Å². The lowest BCUT2D eigenvalue weighted by Gasteiger charge is -2.39. The molecule has 1 saturated carbocycles. The molecule has 0 aromatic carbocycles. The second kappa shape index (κ2) is 4.87. The zero-order valence-corrected chi connectivity index (χ0v) is 12.1. The number of allylic oxidation sites excluding steroid dienone is 1. The number of nitrogens with zero attached hydrogens (tertiary/aromatic N) is 2. The summed E-state index contributed by atoms with van der Waals surface area (Å²) < 4.78 is 13.6. The molecule has 1 fully saturated rings. The van der Waals surface area contributed by atoms with Gasteiger partial charge in [0, 0.05) is 6.20 Å². The minimum Gasteiger partial charge on any atom is -0.331 e.